The lowest BCUT2D eigenvalue weighted by atomic mass is 10.1. The summed E-state index contributed by atoms with van der Waals surface area (Å²) >= 11 is 0. The van der Waals surface area contributed by atoms with Gasteiger partial charge in [0.25, 0.3) is 10.2 Å². The summed E-state index contributed by atoms with van der Waals surface area (Å²) in [7, 11) is -3.32. The molecule has 1 aliphatic carbocycles. The molecule has 5 nitrogen and oxygen atoms in total. The Bertz CT molecular complexity index is 395. The first-order valence-electron chi connectivity index (χ1n) is 8.01. The van der Waals surface area contributed by atoms with Gasteiger partial charge in [-0.25, -0.2) is 4.72 Å². The number of rotatable bonds is 8. The van der Waals surface area contributed by atoms with Crippen LogP contribution in [0.4, 0.5) is 0 Å². The number of piperidine rings is 1. The van der Waals surface area contributed by atoms with Crippen molar-refractivity contribution in [2.24, 2.45) is 11.8 Å². The highest BCUT2D eigenvalue weighted by Crippen LogP contribution is 2.36. The van der Waals surface area contributed by atoms with Gasteiger partial charge in [0.15, 0.2) is 0 Å². The molecule has 0 bridgehead atoms. The summed E-state index contributed by atoms with van der Waals surface area (Å²) in [5.41, 5.74) is 0. The van der Waals surface area contributed by atoms with Crippen LogP contribution in [0, 0.1) is 11.8 Å². The lowest BCUT2D eigenvalue weighted by molar-refractivity contribution is 0.243. The van der Waals surface area contributed by atoms with E-state index >= 15 is 0 Å². The number of nitrogens with zero attached hydrogens (tertiary/aromatic N) is 1. The Morgan fingerprint density at radius 2 is 2.00 bits per heavy atom. The fourth-order valence-electron chi connectivity index (χ4n) is 2.96. The number of likely N-dealkylation sites (N-methyl/N-ethyl adjacent to an activating group) is 1. The first kappa shape index (κ1) is 16.2. The molecule has 0 aromatic heterocycles. The molecule has 20 heavy (non-hydrogen) atoms. The van der Waals surface area contributed by atoms with E-state index in [4.69, 9.17) is 0 Å². The fourth-order valence-corrected chi connectivity index (χ4v) is 4.54. The van der Waals surface area contributed by atoms with E-state index in [1.807, 2.05) is 0 Å². The Hall–Kier alpha value is -0.170. The molecule has 1 aliphatic heterocycles. The van der Waals surface area contributed by atoms with Crippen molar-refractivity contribution in [1.82, 2.24) is 14.3 Å². The summed E-state index contributed by atoms with van der Waals surface area (Å²) < 4.78 is 29.5. The Labute approximate surface area is 123 Å². The van der Waals surface area contributed by atoms with Crippen molar-refractivity contribution in [3.63, 3.8) is 0 Å². The molecule has 2 fully saturated rings. The summed E-state index contributed by atoms with van der Waals surface area (Å²) in [6.07, 6.45) is 5.58. The van der Waals surface area contributed by atoms with Crippen LogP contribution in [-0.4, -0.2) is 44.9 Å². The molecular weight excluding hydrogens is 274 g/mol. The summed E-state index contributed by atoms with van der Waals surface area (Å²) in [6, 6.07) is 0.109. The third kappa shape index (κ3) is 4.41. The van der Waals surface area contributed by atoms with Gasteiger partial charge in [-0.15, -0.1) is 0 Å². The molecule has 0 aromatic carbocycles. The highest BCUT2D eigenvalue weighted by molar-refractivity contribution is 7.87. The maximum absolute atomic E-state index is 12.5. The summed E-state index contributed by atoms with van der Waals surface area (Å²) in [6.45, 7) is 7.08. The minimum absolute atomic E-state index is 0.109. The monoisotopic (exact) mass is 303 g/mol. The van der Waals surface area contributed by atoms with E-state index in [1.54, 1.807) is 4.31 Å². The first-order valence-corrected chi connectivity index (χ1v) is 9.45. The standard InChI is InChI=1S/C14H29N3O2S/c1-3-15-11-14-6-4-5-9-17(14)20(18,19)16-10-12(2)13-7-8-13/h12-16H,3-11H2,1-2H3. The van der Waals surface area contributed by atoms with E-state index in [1.165, 1.54) is 12.8 Å². The number of hydrogen-bond donors (Lipinski definition) is 2. The molecule has 2 rings (SSSR count). The van der Waals surface area contributed by atoms with Crippen LogP contribution in [0.5, 0.6) is 0 Å². The SMILES string of the molecule is CCNCC1CCCCN1S(=O)(=O)NCC(C)C1CC1. The molecule has 0 amide bonds. The Balaban J connectivity index is 1.90. The zero-order valence-corrected chi connectivity index (χ0v) is 13.6. The van der Waals surface area contributed by atoms with Gasteiger partial charge >= 0.3 is 0 Å². The summed E-state index contributed by atoms with van der Waals surface area (Å²) in [5, 5.41) is 3.28. The molecule has 0 spiro atoms. The number of hydrogen-bond acceptors (Lipinski definition) is 3. The van der Waals surface area contributed by atoms with Gasteiger partial charge in [0.1, 0.15) is 0 Å². The van der Waals surface area contributed by atoms with Crippen molar-refractivity contribution in [1.29, 1.82) is 0 Å². The average Bonchev–Trinajstić information content (AvgIpc) is 3.27. The quantitative estimate of drug-likeness (QED) is 0.711. The second kappa shape index (κ2) is 7.20. The van der Waals surface area contributed by atoms with Crippen LogP contribution in [0.25, 0.3) is 0 Å². The van der Waals surface area contributed by atoms with Crippen LogP contribution >= 0.6 is 0 Å². The summed E-state index contributed by atoms with van der Waals surface area (Å²) in [5.74, 6) is 1.19. The molecule has 1 heterocycles. The normalized spacial score (nSPS) is 26.6. The highest BCUT2D eigenvalue weighted by Gasteiger charge is 2.33. The molecule has 2 unspecified atom stereocenters. The molecule has 1 saturated carbocycles. The van der Waals surface area contributed by atoms with Crippen molar-refractivity contribution in [3.05, 3.63) is 0 Å². The molecule has 0 radical (unpaired) electrons. The molecule has 1 saturated heterocycles. The van der Waals surface area contributed by atoms with Crippen LogP contribution < -0.4 is 10.0 Å². The molecule has 2 N–H and O–H groups in total. The zero-order valence-electron chi connectivity index (χ0n) is 12.8. The molecular formula is C14H29N3O2S. The van der Waals surface area contributed by atoms with E-state index in [9.17, 15) is 8.42 Å². The molecule has 2 aliphatic rings. The van der Waals surface area contributed by atoms with Crippen LogP contribution in [0.1, 0.15) is 46.0 Å². The van der Waals surface area contributed by atoms with Crippen molar-refractivity contribution < 1.29 is 8.42 Å². The first-order chi connectivity index (χ1) is 9.54. The van der Waals surface area contributed by atoms with Gasteiger partial charge < -0.3 is 5.32 Å². The predicted molar refractivity (Wildman–Crippen MR) is 81.7 cm³/mol. The number of nitrogens with one attached hydrogen (secondary N) is 2. The lowest BCUT2D eigenvalue weighted by Crippen LogP contribution is -2.52. The second-order valence-corrected chi connectivity index (χ2v) is 7.94. The topological polar surface area (TPSA) is 61.4 Å². The minimum atomic E-state index is -3.32. The Morgan fingerprint density at radius 3 is 2.65 bits per heavy atom. The Morgan fingerprint density at radius 1 is 1.25 bits per heavy atom. The maximum atomic E-state index is 12.5. The maximum Gasteiger partial charge on any atom is 0.279 e. The smallest absolute Gasteiger partial charge is 0.279 e. The van der Waals surface area contributed by atoms with E-state index in [0.29, 0.717) is 19.0 Å². The van der Waals surface area contributed by atoms with Crippen LogP contribution in [0.3, 0.4) is 0 Å². The third-order valence-corrected chi connectivity index (χ3v) is 6.16. The van der Waals surface area contributed by atoms with Crippen molar-refractivity contribution >= 4 is 10.2 Å². The zero-order chi connectivity index (χ0) is 14.6. The Kier molecular flexibility index (Phi) is 5.84. The van der Waals surface area contributed by atoms with Gasteiger partial charge in [-0.2, -0.15) is 12.7 Å². The largest absolute Gasteiger partial charge is 0.315 e. The van der Waals surface area contributed by atoms with Gasteiger partial charge in [-0.05, 0) is 44.1 Å². The third-order valence-electron chi connectivity index (χ3n) is 4.53. The van der Waals surface area contributed by atoms with Gasteiger partial charge in [-0.1, -0.05) is 20.3 Å². The summed E-state index contributed by atoms with van der Waals surface area (Å²) in [4.78, 5) is 0. The molecule has 0 aromatic rings. The van der Waals surface area contributed by atoms with Crippen molar-refractivity contribution in [3.8, 4) is 0 Å². The second-order valence-electron chi connectivity index (χ2n) is 6.24. The van der Waals surface area contributed by atoms with E-state index in [2.05, 4.69) is 23.9 Å². The molecule has 6 heteroatoms. The van der Waals surface area contributed by atoms with Crippen LogP contribution in [0.15, 0.2) is 0 Å². The van der Waals surface area contributed by atoms with Crippen molar-refractivity contribution in [2.45, 2.75) is 52.0 Å². The van der Waals surface area contributed by atoms with E-state index in [-0.39, 0.29) is 6.04 Å². The predicted octanol–water partition coefficient (Wildman–Crippen LogP) is 1.33. The van der Waals surface area contributed by atoms with Gasteiger partial charge in [0, 0.05) is 25.7 Å². The van der Waals surface area contributed by atoms with Gasteiger partial charge in [0.05, 0.1) is 0 Å². The van der Waals surface area contributed by atoms with E-state index < -0.39 is 10.2 Å². The van der Waals surface area contributed by atoms with Crippen LogP contribution in [0.2, 0.25) is 0 Å². The molecule has 2 atom stereocenters. The van der Waals surface area contributed by atoms with Crippen molar-refractivity contribution in [2.75, 3.05) is 26.2 Å². The van der Waals surface area contributed by atoms with Gasteiger partial charge in [0.2, 0.25) is 0 Å². The van der Waals surface area contributed by atoms with Gasteiger partial charge in [-0.3, -0.25) is 0 Å². The molecule has 118 valence electrons. The fraction of sp³-hybridized carbons (Fsp3) is 1.00. The van der Waals surface area contributed by atoms with Crippen LogP contribution in [-0.2, 0) is 10.2 Å². The minimum Gasteiger partial charge on any atom is -0.315 e. The lowest BCUT2D eigenvalue weighted by Gasteiger charge is -2.35. The highest BCUT2D eigenvalue weighted by atomic mass is 32.2. The average molecular weight is 303 g/mol. The van der Waals surface area contributed by atoms with E-state index in [0.717, 1.165) is 38.3 Å².